The molecule has 0 spiro atoms. The minimum Gasteiger partial charge on any atom is -0.491 e. The van der Waals surface area contributed by atoms with Gasteiger partial charge in [0.25, 0.3) is 0 Å². The first kappa shape index (κ1) is 12.3. The van der Waals surface area contributed by atoms with Crippen LogP contribution in [0.5, 0.6) is 5.75 Å². The number of hydrogen-bond acceptors (Lipinski definition) is 3. The molecule has 98 valence electrons. The molecule has 0 bridgehead atoms. The van der Waals surface area contributed by atoms with Crippen LogP contribution >= 0.6 is 11.6 Å². The minimum atomic E-state index is 0.490. The molecule has 1 aromatic heterocycles. The molecule has 3 rings (SSSR count). The van der Waals surface area contributed by atoms with E-state index in [2.05, 4.69) is 4.98 Å². The second kappa shape index (κ2) is 5.10. The summed E-state index contributed by atoms with van der Waals surface area (Å²) in [4.78, 5) is 4.38. The fourth-order valence-corrected chi connectivity index (χ4v) is 2.01. The summed E-state index contributed by atoms with van der Waals surface area (Å²) in [6, 6.07) is 11.2. The minimum absolute atomic E-state index is 0.490. The van der Waals surface area contributed by atoms with E-state index >= 15 is 0 Å². The molecule has 1 heterocycles. The summed E-state index contributed by atoms with van der Waals surface area (Å²) in [5.41, 5.74) is 7.51. The molecule has 0 aliphatic heterocycles. The predicted octanol–water partition coefficient (Wildman–Crippen LogP) is 3.77. The summed E-state index contributed by atoms with van der Waals surface area (Å²) < 4.78 is 5.85. The van der Waals surface area contributed by atoms with E-state index in [-0.39, 0.29) is 0 Å². The fourth-order valence-electron chi connectivity index (χ4n) is 1.88. The van der Waals surface area contributed by atoms with Crippen molar-refractivity contribution in [1.29, 1.82) is 0 Å². The predicted molar refractivity (Wildman–Crippen MR) is 77.3 cm³/mol. The highest BCUT2D eigenvalue weighted by atomic mass is 35.5. The second-order valence-electron chi connectivity index (χ2n) is 4.84. The van der Waals surface area contributed by atoms with E-state index in [9.17, 15) is 0 Å². The number of nitrogens with two attached hydrogens (primary N) is 1. The zero-order valence-electron chi connectivity index (χ0n) is 10.5. The van der Waals surface area contributed by atoms with Gasteiger partial charge in [-0.25, -0.2) is 4.98 Å². The van der Waals surface area contributed by atoms with Gasteiger partial charge in [-0.05, 0) is 43.0 Å². The highest BCUT2D eigenvalue weighted by Crippen LogP contribution is 2.33. The smallest absolute Gasteiger partial charge is 0.145 e. The van der Waals surface area contributed by atoms with Gasteiger partial charge in [-0.1, -0.05) is 23.7 Å². The Morgan fingerprint density at radius 1 is 1.16 bits per heavy atom. The Labute approximate surface area is 117 Å². The molecule has 1 aliphatic rings. The van der Waals surface area contributed by atoms with Crippen LogP contribution in [0.1, 0.15) is 12.8 Å². The van der Waals surface area contributed by atoms with Gasteiger partial charge in [0.15, 0.2) is 0 Å². The van der Waals surface area contributed by atoms with Crippen molar-refractivity contribution in [3.05, 3.63) is 41.4 Å². The van der Waals surface area contributed by atoms with Gasteiger partial charge in [0.05, 0.1) is 6.61 Å². The third-order valence-electron chi connectivity index (χ3n) is 3.17. The van der Waals surface area contributed by atoms with Crippen LogP contribution in [0, 0.1) is 5.92 Å². The van der Waals surface area contributed by atoms with Crippen molar-refractivity contribution in [2.24, 2.45) is 5.92 Å². The van der Waals surface area contributed by atoms with E-state index in [1.54, 1.807) is 6.07 Å². The van der Waals surface area contributed by atoms with Gasteiger partial charge < -0.3 is 10.5 Å². The maximum absolute atomic E-state index is 5.90. The lowest BCUT2D eigenvalue weighted by molar-refractivity contribution is 0.300. The number of rotatable bonds is 4. The van der Waals surface area contributed by atoms with Gasteiger partial charge >= 0.3 is 0 Å². The summed E-state index contributed by atoms with van der Waals surface area (Å²) in [6.07, 6.45) is 2.53. The van der Waals surface area contributed by atoms with Crippen molar-refractivity contribution in [3.8, 4) is 17.0 Å². The van der Waals surface area contributed by atoms with Crippen molar-refractivity contribution in [1.82, 2.24) is 4.98 Å². The zero-order valence-corrected chi connectivity index (χ0v) is 11.2. The van der Waals surface area contributed by atoms with E-state index in [0.717, 1.165) is 23.6 Å². The van der Waals surface area contributed by atoms with Crippen LogP contribution in [0.25, 0.3) is 11.3 Å². The lowest BCUT2D eigenvalue weighted by atomic mass is 10.1. The fraction of sp³-hybridized carbons (Fsp3) is 0.267. The summed E-state index contributed by atoms with van der Waals surface area (Å²) >= 11 is 5.90. The Hall–Kier alpha value is -1.74. The second-order valence-corrected chi connectivity index (χ2v) is 5.28. The SMILES string of the molecule is Nc1ccc(OCC2CC2)c(-c2ccc(Cl)cc2)n1. The zero-order chi connectivity index (χ0) is 13.2. The normalized spacial score (nSPS) is 14.4. The number of hydrogen-bond donors (Lipinski definition) is 1. The number of anilines is 1. The number of nitrogens with zero attached hydrogens (tertiary/aromatic N) is 1. The lowest BCUT2D eigenvalue weighted by Gasteiger charge is -2.11. The van der Waals surface area contributed by atoms with Crippen LogP contribution in [-0.4, -0.2) is 11.6 Å². The van der Waals surface area contributed by atoms with E-state index in [0.29, 0.717) is 16.8 Å². The molecule has 19 heavy (non-hydrogen) atoms. The molecule has 0 atom stereocenters. The van der Waals surface area contributed by atoms with E-state index in [1.165, 1.54) is 12.8 Å². The first-order valence-electron chi connectivity index (χ1n) is 6.37. The Kier molecular flexibility index (Phi) is 3.30. The van der Waals surface area contributed by atoms with Gasteiger partial charge in [-0.3, -0.25) is 0 Å². The van der Waals surface area contributed by atoms with Crippen molar-refractivity contribution >= 4 is 17.4 Å². The molecule has 0 amide bonds. The molecular formula is C15H15ClN2O. The van der Waals surface area contributed by atoms with Crippen molar-refractivity contribution in [2.45, 2.75) is 12.8 Å². The number of ether oxygens (including phenoxy) is 1. The quantitative estimate of drug-likeness (QED) is 0.923. The van der Waals surface area contributed by atoms with Gasteiger partial charge in [0.2, 0.25) is 0 Å². The third-order valence-corrected chi connectivity index (χ3v) is 3.42. The van der Waals surface area contributed by atoms with Gasteiger partial charge in [0.1, 0.15) is 17.3 Å². The van der Waals surface area contributed by atoms with Crippen LogP contribution in [0.15, 0.2) is 36.4 Å². The molecule has 2 N–H and O–H groups in total. The Morgan fingerprint density at radius 2 is 1.89 bits per heavy atom. The Morgan fingerprint density at radius 3 is 2.58 bits per heavy atom. The Balaban J connectivity index is 1.92. The molecule has 1 fully saturated rings. The maximum Gasteiger partial charge on any atom is 0.145 e. The van der Waals surface area contributed by atoms with E-state index in [1.807, 2.05) is 30.3 Å². The first-order chi connectivity index (χ1) is 9.22. The van der Waals surface area contributed by atoms with Crippen LogP contribution in [0.2, 0.25) is 5.02 Å². The monoisotopic (exact) mass is 274 g/mol. The average Bonchev–Trinajstić information content (AvgIpc) is 3.22. The van der Waals surface area contributed by atoms with Crippen LogP contribution in [0.4, 0.5) is 5.82 Å². The highest BCUT2D eigenvalue weighted by Gasteiger charge is 2.22. The topological polar surface area (TPSA) is 48.1 Å². The van der Waals surface area contributed by atoms with Crippen LogP contribution in [-0.2, 0) is 0 Å². The number of nitrogen functional groups attached to an aromatic ring is 1. The molecule has 0 unspecified atom stereocenters. The highest BCUT2D eigenvalue weighted by molar-refractivity contribution is 6.30. The number of pyridine rings is 1. The summed E-state index contributed by atoms with van der Waals surface area (Å²) in [7, 11) is 0. The average molecular weight is 275 g/mol. The number of aromatic nitrogens is 1. The van der Waals surface area contributed by atoms with Gasteiger partial charge in [-0.15, -0.1) is 0 Å². The molecule has 3 nitrogen and oxygen atoms in total. The molecular weight excluding hydrogens is 260 g/mol. The van der Waals surface area contributed by atoms with Crippen molar-refractivity contribution in [2.75, 3.05) is 12.3 Å². The first-order valence-corrected chi connectivity index (χ1v) is 6.75. The lowest BCUT2D eigenvalue weighted by Crippen LogP contribution is -2.02. The largest absolute Gasteiger partial charge is 0.491 e. The summed E-state index contributed by atoms with van der Waals surface area (Å²) in [5.74, 6) is 1.97. The standard InChI is InChI=1S/C15H15ClN2O/c16-12-5-3-11(4-6-12)15-13(7-8-14(17)18-15)19-9-10-1-2-10/h3-8,10H,1-2,9H2,(H2,17,18). The van der Waals surface area contributed by atoms with Crippen molar-refractivity contribution in [3.63, 3.8) is 0 Å². The van der Waals surface area contributed by atoms with E-state index in [4.69, 9.17) is 22.1 Å². The number of halogens is 1. The Bertz CT molecular complexity index is 579. The molecule has 1 aliphatic carbocycles. The molecule has 0 radical (unpaired) electrons. The summed E-state index contributed by atoms with van der Waals surface area (Å²) in [5, 5.41) is 0.702. The van der Waals surface area contributed by atoms with Crippen LogP contribution in [0.3, 0.4) is 0 Å². The third kappa shape index (κ3) is 2.99. The van der Waals surface area contributed by atoms with Crippen LogP contribution < -0.4 is 10.5 Å². The molecule has 0 saturated heterocycles. The number of benzene rings is 1. The molecule has 4 heteroatoms. The molecule has 1 aromatic carbocycles. The molecule has 2 aromatic rings. The van der Waals surface area contributed by atoms with E-state index < -0.39 is 0 Å². The van der Waals surface area contributed by atoms with Gasteiger partial charge in [0, 0.05) is 10.6 Å². The molecule has 1 saturated carbocycles. The maximum atomic E-state index is 5.90. The van der Waals surface area contributed by atoms with Crippen molar-refractivity contribution < 1.29 is 4.74 Å². The van der Waals surface area contributed by atoms with Gasteiger partial charge in [-0.2, -0.15) is 0 Å². The summed E-state index contributed by atoms with van der Waals surface area (Å²) in [6.45, 7) is 0.756.